The second kappa shape index (κ2) is 5.30. The van der Waals surface area contributed by atoms with Gasteiger partial charge in [-0.3, -0.25) is 0 Å². The predicted molar refractivity (Wildman–Crippen MR) is 66.9 cm³/mol. The molecule has 7 heteroatoms. The molecule has 0 bridgehead atoms. The first-order chi connectivity index (χ1) is 8.55. The van der Waals surface area contributed by atoms with Gasteiger partial charge in [0.25, 0.3) is 0 Å². The molecule has 0 radical (unpaired) electrons. The number of benzene rings is 1. The van der Waals surface area contributed by atoms with Crippen molar-refractivity contribution in [3.8, 4) is 0 Å². The van der Waals surface area contributed by atoms with Crippen molar-refractivity contribution >= 4 is 10.0 Å². The smallest absolute Gasteiger partial charge is 0.238 e. The maximum atomic E-state index is 11.1. The van der Waals surface area contributed by atoms with Crippen LogP contribution in [0.25, 0.3) is 0 Å². The van der Waals surface area contributed by atoms with E-state index in [1.165, 1.54) is 12.1 Å². The van der Waals surface area contributed by atoms with E-state index in [0.717, 1.165) is 11.4 Å². The van der Waals surface area contributed by atoms with E-state index < -0.39 is 10.0 Å². The number of hydrogen-bond acceptors (Lipinski definition) is 4. The normalized spacial score (nSPS) is 11.6. The number of aromatic nitrogens is 2. The van der Waals surface area contributed by atoms with Gasteiger partial charge in [-0.05, 0) is 17.7 Å². The van der Waals surface area contributed by atoms with E-state index in [0.29, 0.717) is 13.1 Å². The standard InChI is InChI=1S/C11H14N4O2S/c12-18(16,17)10-3-1-9(2-4-10)7-13-8-11-14-5-6-15-11/h1-6,13H,7-8H2,(H,14,15)(H2,12,16,17). The van der Waals surface area contributed by atoms with Gasteiger partial charge >= 0.3 is 0 Å². The molecule has 0 amide bonds. The molecule has 18 heavy (non-hydrogen) atoms. The summed E-state index contributed by atoms with van der Waals surface area (Å²) < 4.78 is 22.1. The summed E-state index contributed by atoms with van der Waals surface area (Å²) in [5, 5.41) is 8.20. The lowest BCUT2D eigenvalue weighted by atomic mass is 10.2. The minimum Gasteiger partial charge on any atom is -0.348 e. The number of H-pyrrole nitrogens is 1. The molecule has 0 fully saturated rings. The Hall–Kier alpha value is -1.70. The van der Waals surface area contributed by atoms with Crippen LogP contribution in [0.1, 0.15) is 11.4 Å². The molecule has 6 nitrogen and oxygen atoms in total. The molecule has 0 aliphatic rings. The molecular weight excluding hydrogens is 252 g/mol. The van der Waals surface area contributed by atoms with E-state index in [1.807, 2.05) is 0 Å². The summed E-state index contributed by atoms with van der Waals surface area (Å²) in [6, 6.07) is 6.46. The third kappa shape index (κ3) is 3.39. The number of aromatic amines is 1. The van der Waals surface area contributed by atoms with Gasteiger partial charge in [-0.1, -0.05) is 12.1 Å². The number of nitrogens with two attached hydrogens (primary N) is 1. The summed E-state index contributed by atoms with van der Waals surface area (Å²) >= 11 is 0. The zero-order chi connectivity index (χ0) is 13.0. The highest BCUT2D eigenvalue weighted by Gasteiger charge is 2.06. The Balaban J connectivity index is 1.91. The van der Waals surface area contributed by atoms with Crippen LogP contribution in [0.5, 0.6) is 0 Å². The predicted octanol–water partition coefficient (Wildman–Crippen LogP) is 0.347. The van der Waals surface area contributed by atoms with Gasteiger partial charge in [0.05, 0.1) is 11.4 Å². The Kier molecular flexibility index (Phi) is 3.75. The van der Waals surface area contributed by atoms with Crippen LogP contribution in [0.15, 0.2) is 41.6 Å². The van der Waals surface area contributed by atoms with Crippen LogP contribution in [0.2, 0.25) is 0 Å². The Labute approximate surface area is 105 Å². The van der Waals surface area contributed by atoms with Crippen LogP contribution in [0.4, 0.5) is 0 Å². The maximum Gasteiger partial charge on any atom is 0.238 e. The number of sulfonamides is 1. The van der Waals surface area contributed by atoms with Gasteiger partial charge < -0.3 is 10.3 Å². The van der Waals surface area contributed by atoms with Crippen LogP contribution < -0.4 is 10.5 Å². The first-order valence-electron chi connectivity index (χ1n) is 5.36. The molecule has 2 aromatic rings. The van der Waals surface area contributed by atoms with Crippen molar-refractivity contribution < 1.29 is 8.42 Å². The monoisotopic (exact) mass is 266 g/mol. The molecule has 0 saturated heterocycles. The average molecular weight is 266 g/mol. The summed E-state index contributed by atoms with van der Waals surface area (Å²) in [6.07, 6.45) is 3.45. The zero-order valence-electron chi connectivity index (χ0n) is 9.63. The van der Waals surface area contributed by atoms with Crippen LogP contribution in [-0.4, -0.2) is 18.4 Å². The van der Waals surface area contributed by atoms with Crippen LogP contribution in [0.3, 0.4) is 0 Å². The molecule has 0 saturated carbocycles. The largest absolute Gasteiger partial charge is 0.348 e. The summed E-state index contributed by atoms with van der Waals surface area (Å²) in [7, 11) is -3.61. The number of rotatable bonds is 5. The number of nitrogens with zero attached hydrogens (tertiary/aromatic N) is 1. The molecule has 0 atom stereocenters. The number of imidazole rings is 1. The molecule has 1 aromatic heterocycles. The van der Waals surface area contributed by atoms with Crippen molar-refractivity contribution in [2.45, 2.75) is 18.0 Å². The first-order valence-corrected chi connectivity index (χ1v) is 6.91. The van der Waals surface area contributed by atoms with Crippen LogP contribution >= 0.6 is 0 Å². The maximum absolute atomic E-state index is 11.1. The fourth-order valence-electron chi connectivity index (χ4n) is 1.52. The Morgan fingerprint density at radius 3 is 2.50 bits per heavy atom. The van der Waals surface area contributed by atoms with E-state index in [4.69, 9.17) is 5.14 Å². The minimum atomic E-state index is -3.61. The highest BCUT2D eigenvalue weighted by Crippen LogP contribution is 2.08. The van der Waals surface area contributed by atoms with E-state index in [1.54, 1.807) is 24.5 Å². The SMILES string of the molecule is NS(=O)(=O)c1ccc(CNCc2ncc[nH]2)cc1. The third-order valence-electron chi connectivity index (χ3n) is 2.43. The van der Waals surface area contributed by atoms with E-state index in [2.05, 4.69) is 15.3 Å². The van der Waals surface area contributed by atoms with Crippen molar-refractivity contribution in [1.82, 2.24) is 15.3 Å². The molecule has 0 aliphatic heterocycles. The Morgan fingerprint density at radius 1 is 1.22 bits per heavy atom. The topological polar surface area (TPSA) is 101 Å². The van der Waals surface area contributed by atoms with Crippen molar-refractivity contribution in [2.24, 2.45) is 5.14 Å². The van der Waals surface area contributed by atoms with Gasteiger partial charge in [0, 0.05) is 18.9 Å². The van der Waals surface area contributed by atoms with E-state index in [-0.39, 0.29) is 4.90 Å². The fraction of sp³-hybridized carbons (Fsp3) is 0.182. The highest BCUT2D eigenvalue weighted by atomic mass is 32.2. The number of hydrogen-bond donors (Lipinski definition) is 3. The van der Waals surface area contributed by atoms with Gasteiger partial charge in [0.15, 0.2) is 0 Å². The third-order valence-corrected chi connectivity index (χ3v) is 3.36. The lowest BCUT2D eigenvalue weighted by molar-refractivity contribution is 0.597. The molecule has 1 aromatic carbocycles. The Bertz CT molecular complexity index is 590. The number of nitrogens with one attached hydrogen (secondary N) is 2. The molecule has 0 aliphatic carbocycles. The molecule has 1 heterocycles. The van der Waals surface area contributed by atoms with Crippen LogP contribution in [0, 0.1) is 0 Å². The van der Waals surface area contributed by atoms with Gasteiger partial charge in [0.2, 0.25) is 10.0 Å². The van der Waals surface area contributed by atoms with Crippen molar-refractivity contribution in [2.75, 3.05) is 0 Å². The van der Waals surface area contributed by atoms with Gasteiger partial charge in [0.1, 0.15) is 5.82 Å². The molecule has 0 spiro atoms. The molecule has 96 valence electrons. The van der Waals surface area contributed by atoms with Crippen molar-refractivity contribution in [3.63, 3.8) is 0 Å². The van der Waals surface area contributed by atoms with Crippen molar-refractivity contribution in [1.29, 1.82) is 0 Å². The van der Waals surface area contributed by atoms with Gasteiger partial charge in [-0.25, -0.2) is 18.5 Å². The first kappa shape index (κ1) is 12.7. The average Bonchev–Trinajstić information content (AvgIpc) is 2.82. The molecule has 0 unspecified atom stereocenters. The summed E-state index contributed by atoms with van der Waals surface area (Å²) in [4.78, 5) is 7.19. The lowest BCUT2D eigenvalue weighted by Crippen LogP contribution is -2.14. The van der Waals surface area contributed by atoms with E-state index in [9.17, 15) is 8.42 Å². The van der Waals surface area contributed by atoms with E-state index >= 15 is 0 Å². The fourth-order valence-corrected chi connectivity index (χ4v) is 2.03. The van der Waals surface area contributed by atoms with Crippen LogP contribution in [-0.2, 0) is 23.1 Å². The molecular formula is C11H14N4O2S. The zero-order valence-corrected chi connectivity index (χ0v) is 10.4. The lowest BCUT2D eigenvalue weighted by Gasteiger charge is -2.04. The minimum absolute atomic E-state index is 0.122. The summed E-state index contributed by atoms with van der Waals surface area (Å²) in [5.74, 6) is 0.858. The quantitative estimate of drug-likeness (QED) is 0.726. The number of primary sulfonamides is 1. The second-order valence-corrected chi connectivity index (χ2v) is 5.39. The van der Waals surface area contributed by atoms with Gasteiger partial charge in [-0.2, -0.15) is 0 Å². The van der Waals surface area contributed by atoms with Crippen molar-refractivity contribution in [3.05, 3.63) is 48.0 Å². The Morgan fingerprint density at radius 2 is 1.94 bits per heavy atom. The highest BCUT2D eigenvalue weighted by molar-refractivity contribution is 7.89. The molecule has 4 N–H and O–H groups in total. The second-order valence-electron chi connectivity index (χ2n) is 3.83. The molecule has 2 rings (SSSR count). The summed E-state index contributed by atoms with van der Waals surface area (Å²) in [6.45, 7) is 1.26. The van der Waals surface area contributed by atoms with Gasteiger partial charge in [-0.15, -0.1) is 0 Å². The summed E-state index contributed by atoms with van der Waals surface area (Å²) in [5.41, 5.74) is 0.981.